The summed E-state index contributed by atoms with van der Waals surface area (Å²) in [5.41, 5.74) is 4.30. The molecule has 0 unspecified atom stereocenters. The number of hydrogen-bond acceptors (Lipinski definition) is 7. The van der Waals surface area contributed by atoms with Crippen LogP contribution < -0.4 is 11.4 Å². The van der Waals surface area contributed by atoms with Crippen molar-refractivity contribution in [2.75, 3.05) is 11.5 Å². The zero-order valence-corrected chi connectivity index (χ0v) is 14.7. The van der Waals surface area contributed by atoms with Gasteiger partial charge in [0.15, 0.2) is 0 Å². The van der Waals surface area contributed by atoms with Crippen LogP contribution in [0.25, 0.3) is 0 Å². The van der Waals surface area contributed by atoms with Gasteiger partial charge in [-0.2, -0.15) is 4.98 Å². The van der Waals surface area contributed by atoms with Crippen LogP contribution in [0.15, 0.2) is 17.1 Å². The molecule has 1 aliphatic carbocycles. The number of carbonyl (C=O) groups is 1. The number of nitrogen functional groups attached to an aromatic ring is 1. The second-order valence-electron chi connectivity index (χ2n) is 6.67. The first kappa shape index (κ1) is 17.3. The van der Waals surface area contributed by atoms with Gasteiger partial charge in [-0.1, -0.05) is 20.3 Å². The zero-order chi connectivity index (χ0) is 17.3. The van der Waals surface area contributed by atoms with Crippen LogP contribution in [0.5, 0.6) is 0 Å². The number of anilines is 1. The summed E-state index contributed by atoms with van der Waals surface area (Å²) >= 11 is 1.34. The first-order valence-electron chi connectivity index (χ1n) is 8.26. The number of nitrogens with two attached hydrogens (primary N) is 1. The second kappa shape index (κ2) is 7.14. The lowest BCUT2D eigenvalue weighted by molar-refractivity contribution is -0.164. The molecule has 2 fully saturated rings. The van der Waals surface area contributed by atoms with E-state index in [1.54, 1.807) is 0 Å². The largest absolute Gasteiger partial charge is 0.460 e. The molecule has 1 aromatic heterocycles. The summed E-state index contributed by atoms with van der Waals surface area (Å²) in [6, 6.07) is 1.53. The van der Waals surface area contributed by atoms with Crippen LogP contribution in [-0.4, -0.2) is 32.8 Å². The van der Waals surface area contributed by atoms with Crippen LogP contribution >= 0.6 is 11.8 Å². The summed E-state index contributed by atoms with van der Waals surface area (Å²) in [7, 11) is 0. The van der Waals surface area contributed by atoms with Crippen LogP contribution in [0.1, 0.15) is 39.3 Å². The molecule has 5 atom stereocenters. The lowest BCUT2D eigenvalue weighted by atomic mass is 9.82. The van der Waals surface area contributed by atoms with Crippen molar-refractivity contribution >= 4 is 23.5 Å². The van der Waals surface area contributed by atoms with Gasteiger partial charge < -0.3 is 15.2 Å². The summed E-state index contributed by atoms with van der Waals surface area (Å²) in [6.07, 6.45) is 4.11. The fraction of sp³-hybridized carbons (Fsp3) is 0.688. The first-order chi connectivity index (χ1) is 11.4. The van der Waals surface area contributed by atoms with Gasteiger partial charge in [-0.15, -0.1) is 11.8 Å². The van der Waals surface area contributed by atoms with E-state index in [9.17, 15) is 9.59 Å². The molecule has 0 aromatic carbocycles. The molecule has 2 heterocycles. The van der Waals surface area contributed by atoms with E-state index in [1.807, 2.05) is 0 Å². The third-order valence-electron chi connectivity index (χ3n) is 4.68. The van der Waals surface area contributed by atoms with E-state index in [2.05, 4.69) is 18.8 Å². The Morgan fingerprint density at radius 3 is 3.00 bits per heavy atom. The maximum Gasteiger partial charge on any atom is 0.351 e. The van der Waals surface area contributed by atoms with E-state index >= 15 is 0 Å². The maximum atomic E-state index is 12.4. The van der Waals surface area contributed by atoms with Crippen LogP contribution in [0.4, 0.5) is 5.82 Å². The molecule has 24 heavy (non-hydrogen) atoms. The standard InChI is InChI=1S/C16H23N3O4S/c1-9-3-4-10(2)11(7-9)22-14(20)15-23-13(8-24-15)19-6-5-12(17)18-16(19)21/h5-6,9-11,13,15H,3-4,7-8H2,1-2H3,(H2,17,18,21)/t9-,10-,11-,13+,15-/m1/s1. The number of esters is 1. The highest BCUT2D eigenvalue weighted by Crippen LogP contribution is 2.35. The van der Waals surface area contributed by atoms with Crippen LogP contribution in [-0.2, 0) is 14.3 Å². The van der Waals surface area contributed by atoms with Crippen molar-refractivity contribution in [1.82, 2.24) is 9.55 Å². The SMILES string of the molecule is C[C@@H]1CC[C@@H](C)[C@H](OC(=O)[C@@H]2O[C@H](n3ccc(N)nc3=O)CS2)C1. The monoisotopic (exact) mass is 353 g/mol. The normalized spacial score (nSPS) is 33.3. The number of aromatic nitrogens is 2. The van der Waals surface area contributed by atoms with Gasteiger partial charge >= 0.3 is 11.7 Å². The number of carbonyl (C=O) groups excluding carboxylic acids is 1. The summed E-state index contributed by atoms with van der Waals surface area (Å²) in [6.45, 7) is 4.30. The van der Waals surface area contributed by atoms with Crippen molar-refractivity contribution in [3.05, 3.63) is 22.7 Å². The quantitative estimate of drug-likeness (QED) is 0.827. The van der Waals surface area contributed by atoms with Crippen molar-refractivity contribution in [3.63, 3.8) is 0 Å². The van der Waals surface area contributed by atoms with Crippen molar-refractivity contribution in [2.24, 2.45) is 11.8 Å². The molecule has 132 valence electrons. The molecule has 2 aliphatic rings. The third kappa shape index (κ3) is 3.75. The summed E-state index contributed by atoms with van der Waals surface area (Å²) < 4.78 is 12.7. The van der Waals surface area contributed by atoms with Crippen molar-refractivity contribution in [2.45, 2.75) is 50.9 Å². The van der Waals surface area contributed by atoms with Crippen molar-refractivity contribution in [3.8, 4) is 0 Å². The molecule has 1 aliphatic heterocycles. The maximum absolute atomic E-state index is 12.4. The minimum Gasteiger partial charge on any atom is -0.460 e. The Morgan fingerprint density at radius 1 is 1.46 bits per heavy atom. The highest BCUT2D eigenvalue weighted by Gasteiger charge is 2.37. The van der Waals surface area contributed by atoms with E-state index in [1.165, 1.54) is 35.0 Å². The number of hydrogen-bond donors (Lipinski definition) is 1. The second-order valence-corrected chi connectivity index (χ2v) is 7.76. The Balaban J connectivity index is 1.60. The highest BCUT2D eigenvalue weighted by molar-refractivity contribution is 8.00. The Bertz CT molecular complexity index is 665. The number of rotatable bonds is 3. The van der Waals surface area contributed by atoms with Gasteiger partial charge in [0.25, 0.3) is 0 Å². The minimum absolute atomic E-state index is 0.0505. The van der Waals surface area contributed by atoms with Crippen LogP contribution in [0.3, 0.4) is 0 Å². The average Bonchev–Trinajstić information content (AvgIpc) is 3.00. The lowest BCUT2D eigenvalue weighted by Gasteiger charge is -2.32. The molecule has 0 bridgehead atoms. The molecule has 2 N–H and O–H groups in total. The van der Waals surface area contributed by atoms with E-state index < -0.39 is 17.4 Å². The van der Waals surface area contributed by atoms with Gasteiger partial charge in [-0.05, 0) is 30.7 Å². The van der Waals surface area contributed by atoms with Gasteiger partial charge in [-0.25, -0.2) is 9.59 Å². The van der Waals surface area contributed by atoms with E-state index in [0.29, 0.717) is 17.6 Å². The Hall–Kier alpha value is -1.54. The number of thioether (sulfide) groups is 1. The first-order valence-corrected chi connectivity index (χ1v) is 9.31. The molecule has 3 rings (SSSR count). The zero-order valence-electron chi connectivity index (χ0n) is 13.9. The van der Waals surface area contributed by atoms with Crippen LogP contribution in [0, 0.1) is 11.8 Å². The predicted octanol–water partition coefficient (Wildman–Crippen LogP) is 1.78. The summed E-state index contributed by atoms with van der Waals surface area (Å²) in [5, 5.41) is 0. The molecule has 1 saturated heterocycles. The van der Waals surface area contributed by atoms with Gasteiger partial charge in [0.1, 0.15) is 18.1 Å². The summed E-state index contributed by atoms with van der Waals surface area (Å²) in [4.78, 5) is 27.9. The molecule has 0 radical (unpaired) electrons. The average molecular weight is 353 g/mol. The number of ether oxygens (including phenoxy) is 2. The minimum atomic E-state index is -0.705. The molecule has 7 nitrogen and oxygen atoms in total. The molecule has 1 saturated carbocycles. The predicted molar refractivity (Wildman–Crippen MR) is 91.3 cm³/mol. The van der Waals surface area contributed by atoms with Crippen molar-refractivity contribution in [1.29, 1.82) is 0 Å². The lowest BCUT2D eigenvalue weighted by Crippen LogP contribution is -2.35. The topological polar surface area (TPSA) is 96.4 Å². The van der Waals surface area contributed by atoms with Gasteiger partial charge in [0.05, 0.1) is 0 Å². The molecule has 0 amide bonds. The summed E-state index contributed by atoms with van der Waals surface area (Å²) in [5.74, 6) is 1.24. The molecule has 1 aromatic rings. The molecule has 8 heteroatoms. The number of nitrogens with zero attached hydrogens (tertiary/aromatic N) is 2. The van der Waals surface area contributed by atoms with Crippen LogP contribution in [0.2, 0.25) is 0 Å². The smallest absolute Gasteiger partial charge is 0.351 e. The fourth-order valence-corrected chi connectivity index (χ4v) is 4.13. The van der Waals surface area contributed by atoms with E-state index in [-0.39, 0.29) is 17.9 Å². The fourth-order valence-electron chi connectivity index (χ4n) is 3.15. The van der Waals surface area contributed by atoms with E-state index in [4.69, 9.17) is 15.2 Å². The molecule has 0 spiro atoms. The van der Waals surface area contributed by atoms with Gasteiger partial charge in [0, 0.05) is 11.9 Å². The van der Waals surface area contributed by atoms with Gasteiger partial charge in [-0.3, -0.25) is 4.57 Å². The molecular weight excluding hydrogens is 330 g/mol. The van der Waals surface area contributed by atoms with Gasteiger partial charge in [0.2, 0.25) is 5.44 Å². The van der Waals surface area contributed by atoms with E-state index in [0.717, 1.165) is 12.8 Å². The Morgan fingerprint density at radius 2 is 2.25 bits per heavy atom. The Labute approximate surface area is 144 Å². The third-order valence-corrected chi connectivity index (χ3v) is 5.76. The highest BCUT2D eigenvalue weighted by atomic mass is 32.2. The molecular formula is C16H23N3O4S. The van der Waals surface area contributed by atoms with Crippen molar-refractivity contribution < 1.29 is 14.3 Å². The Kier molecular flexibility index (Phi) is 5.15.